The van der Waals surface area contributed by atoms with Crippen LogP contribution in [-0.2, 0) is 33.0 Å². The number of morpholine rings is 1. The first-order valence-electron chi connectivity index (χ1n) is 10.1. The highest BCUT2D eigenvalue weighted by molar-refractivity contribution is 7.90. The van der Waals surface area contributed by atoms with Crippen molar-refractivity contribution in [2.45, 2.75) is 17.5 Å². The summed E-state index contributed by atoms with van der Waals surface area (Å²) in [5.41, 5.74) is 2.20. The number of hydrogen-bond donors (Lipinski definition) is 0. The molecule has 5 rings (SSSR count). The summed E-state index contributed by atoms with van der Waals surface area (Å²) in [6, 6.07) is 7.92. The molecule has 0 N–H and O–H groups in total. The van der Waals surface area contributed by atoms with E-state index in [9.17, 15) is 13.2 Å². The lowest BCUT2D eigenvalue weighted by Gasteiger charge is -2.43. The van der Waals surface area contributed by atoms with Gasteiger partial charge in [-0.15, -0.1) is 0 Å². The number of nitrogens with zero attached hydrogens (tertiary/aromatic N) is 6. The number of hydrogen-bond acceptors (Lipinski definition) is 8. The largest absolute Gasteiger partial charge is 0.377 e. The molecule has 3 aromatic rings. The molecule has 32 heavy (non-hydrogen) atoms. The van der Waals surface area contributed by atoms with E-state index in [-0.39, 0.29) is 24.0 Å². The maximum Gasteiger partial charge on any atom is 0.252 e. The lowest BCUT2D eigenvalue weighted by atomic mass is 10.1. The molecule has 0 saturated carbocycles. The Bertz CT molecular complexity index is 1290. The molecule has 1 saturated heterocycles. The van der Waals surface area contributed by atoms with E-state index in [1.165, 1.54) is 6.26 Å². The molecule has 1 amide bonds. The number of rotatable bonds is 4. The Morgan fingerprint density at radius 1 is 1.19 bits per heavy atom. The van der Waals surface area contributed by atoms with Crippen molar-refractivity contribution in [2.75, 3.05) is 35.8 Å². The molecule has 10 nitrogen and oxygen atoms in total. The summed E-state index contributed by atoms with van der Waals surface area (Å²) in [6.07, 6.45) is 4.52. The van der Waals surface area contributed by atoms with Gasteiger partial charge in [-0.25, -0.2) is 18.4 Å². The van der Waals surface area contributed by atoms with Crippen LogP contribution < -0.4 is 9.80 Å². The smallest absolute Gasteiger partial charge is 0.252 e. The molecular formula is C21H22N6O4S. The van der Waals surface area contributed by atoms with Crippen molar-refractivity contribution in [1.82, 2.24) is 19.7 Å². The van der Waals surface area contributed by atoms with Gasteiger partial charge in [0, 0.05) is 26.0 Å². The average molecular weight is 455 g/mol. The molecule has 0 aliphatic carbocycles. The molecule has 11 heteroatoms. The van der Waals surface area contributed by atoms with E-state index >= 15 is 0 Å². The molecule has 4 heterocycles. The van der Waals surface area contributed by atoms with E-state index in [0.717, 1.165) is 11.3 Å². The summed E-state index contributed by atoms with van der Waals surface area (Å²) < 4.78 is 30.8. The highest BCUT2D eigenvalue weighted by Gasteiger charge is 2.41. The third-order valence-electron chi connectivity index (χ3n) is 5.73. The number of carbonyl (C=O) groups excluding carboxylic acids is 1. The van der Waals surface area contributed by atoms with Crippen LogP contribution in [0.25, 0.3) is 11.5 Å². The lowest BCUT2D eigenvalue weighted by molar-refractivity contribution is -0.122. The number of anilines is 2. The molecule has 2 aliphatic rings. The number of benzene rings is 1. The molecule has 1 unspecified atom stereocenters. The van der Waals surface area contributed by atoms with Crippen LogP contribution in [0.5, 0.6) is 0 Å². The Labute approximate surface area is 185 Å². The van der Waals surface area contributed by atoms with Crippen LogP contribution in [0.2, 0.25) is 0 Å². The number of aromatic nitrogens is 4. The van der Waals surface area contributed by atoms with Crippen molar-refractivity contribution in [3.05, 3.63) is 48.3 Å². The highest BCUT2D eigenvalue weighted by atomic mass is 32.2. The number of aryl methyl sites for hydroxylation is 1. The van der Waals surface area contributed by atoms with Gasteiger partial charge in [0.15, 0.2) is 21.5 Å². The maximum absolute atomic E-state index is 13.4. The van der Waals surface area contributed by atoms with Crippen molar-refractivity contribution >= 4 is 27.2 Å². The van der Waals surface area contributed by atoms with Crippen LogP contribution in [0.4, 0.5) is 11.5 Å². The second-order valence-corrected chi connectivity index (χ2v) is 9.88. The summed E-state index contributed by atoms with van der Waals surface area (Å²) in [7, 11) is -1.46. The summed E-state index contributed by atoms with van der Waals surface area (Å²) >= 11 is 0. The van der Waals surface area contributed by atoms with Gasteiger partial charge in [-0.2, -0.15) is 5.10 Å². The molecule has 166 valence electrons. The number of ether oxygens (including phenoxy) is 1. The Kier molecular flexibility index (Phi) is 4.94. The SMILES string of the molecule is Cn1nccc1-c1ncc2c(n1)N1CCOCC1C(=O)N2Cc1ccc(S(C)(=O)=O)cc1. The van der Waals surface area contributed by atoms with Crippen molar-refractivity contribution in [1.29, 1.82) is 0 Å². The van der Waals surface area contributed by atoms with Crippen LogP contribution in [-0.4, -0.2) is 66.1 Å². The normalized spacial score (nSPS) is 18.4. The fourth-order valence-electron chi connectivity index (χ4n) is 4.03. The van der Waals surface area contributed by atoms with Crippen LogP contribution in [0, 0.1) is 0 Å². The molecule has 0 bridgehead atoms. The maximum atomic E-state index is 13.4. The number of carbonyl (C=O) groups is 1. The molecule has 0 radical (unpaired) electrons. The van der Waals surface area contributed by atoms with Crippen molar-refractivity contribution < 1.29 is 17.9 Å². The Morgan fingerprint density at radius 2 is 1.97 bits per heavy atom. The minimum absolute atomic E-state index is 0.0960. The van der Waals surface area contributed by atoms with Gasteiger partial charge < -0.3 is 14.5 Å². The van der Waals surface area contributed by atoms with Gasteiger partial charge in [-0.1, -0.05) is 12.1 Å². The fourth-order valence-corrected chi connectivity index (χ4v) is 4.66. The minimum Gasteiger partial charge on any atom is -0.377 e. The van der Waals surface area contributed by atoms with Gasteiger partial charge in [-0.3, -0.25) is 9.48 Å². The molecule has 2 aromatic heterocycles. The standard InChI is InChI=1S/C21H22N6O4S/c1-25-16(7-8-23-25)19-22-11-17-20(24-19)26-9-10-31-13-18(26)21(28)27(17)12-14-3-5-15(6-4-14)32(2,29)30/h3-8,11,18H,9-10,12-13H2,1-2H3. The Balaban J connectivity index is 1.55. The fraction of sp³-hybridized carbons (Fsp3) is 0.333. The summed E-state index contributed by atoms with van der Waals surface area (Å²) in [4.78, 5) is 26.5. The second-order valence-electron chi connectivity index (χ2n) is 7.87. The van der Waals surface area contributed by atoms with Gasteiger partial charge in [0.25, 0.3) is 5.91 Å². The molecular weight excluding hydrogens is 432 g/mol. The van der Waals surface area contributed by atoms with E-state index < -0.39 is 15.9 Å². The van der Waals surface area contributed by atoms with Gasteiger partial charge in [0.2, 0.25) is 0 Å². The van der Waals surface area contributed by atoms with Crippen LogP contribution in [0.15, 0.2) is 47.6 Å². The summed E-state index contributed by atoms with van der Waals surface area (Å²) in [6.45, 7) is 1.63. The first-order chi connectivity index (χ1) is 15.3. The minimum atomic E-state index is -3.29. The second kappa shape index (κ2) is 7.68. The zero-order valence-corrected chi connectivity index (χ0v) is 18.5. The van der Waals surface area contributed by atoms with Crippen molar-refractivity contribution in [3.63, 3.8) is 0 Å². The highest BCUT2D eigenvalue weighted by Crippen LogP contribution is 2.37. The van der Waals surface area contributed by atoms with E-state index in [1.807, 2.05) is 18.0 Å². The monoisotopic (exact) mass is 454 g/mol. The zero-order chi connectivity index (χ0) is 22.5. The first kappa shape index (κ1) is 20.6. The molecule has 0 spiro atoms. The van der Waals surface area contributed by atoms with E-state index in [2.05, 4.69) is 10.1 Å². The lowest BCUT2D eigenvalue weighted by Crippen LogP contribution is -2.58. The number of amides is 1. The number of sulfone groups is 1. The average Bonchev–Trinajstić information content (AvgIpc) is 3.22. The predicted octanol–water partition coefficient (Wildman–Crippen LogP) is 1.03. The zero-order valence-electron chi connectivity index (χ0n) is 17.7. The van der Waals surface area contributed by atoms with Crippen molar-refractivity contribution in [2.24, 2.45) is 7.05 Å². The quantitative estimate of drug-likeness (QED) is 0.575. The third-order valence-corrected chi connectivity index (χ3v) is 6.86. The predicted molar refractivity (Wildman–Crippen MR) is 117 cm³/mol. The van der Waals surface area contributed by atoms with E-state index in [0.29, 0.717) is 30.5 Å². The van der Waals surface area contributed by atoms with Crippen LogP contribution in [0.3, 0.4) is 0 Å². The van der Waals surface area contributed by atoms with Gasteiger partial charge in [0.1, 0.15) is 17.4 Å². The number of fused-ring (bicyclic) bond motifs is 3. The van der Waals surface area contributed by atoms with Crippen molar-refractivity contribution in [3.8, 4) is 11.5 Å². The van der Waals surface area contributed by atoms with Gasteiger partial charge in [-0.05, 0) is 23.8 Å². The Hall–Kier alpha value is -3.31. The van der Waals surface area contributed by atoms with Gasteiger partial charge >= 0.3 is 0 Å². The Morgan fingerprint density at radius 3 is 2.66 bits per heavy atom. The molecule has 2 aliphatic heterocycles. The van der Waals surface area contributed by atoms with E-state index in [1.54, 1.807) is 46.2 Å². The van der Waals surface area contributed by atoms with E-state index in [4.69, 9.17) is 9.72 Å². The van der Waals surface area contributed by atoms with Crippen LogP contribution >= 0.6 is 0 Å². The first-order valence-corrected chi connectivity index (χ1v) is 12.0. The third kappa shape index (κ3) is 3.53. The molecule has 1 atom stereocenters. The van der Waals surface area contributed by atoms with Gasteiger partial charge in [0.05, 0.1) is 30.9 Å². The molecule has 1 fully saturated rings. The summed E-state index contributed by atoms with van der Waals surface area (Å²) in [5, 5.41) is 4.19. The summed E-state index contributed by atoms with van der Waals surface area (Å²) in [5.74, 6) is 1.11. The molecule has 1 aromatic carbocycles. The van der Waals surface area contributed by atoms with Crippen LogP contribution in [0.1, 0.15) is 5.56 Å². The topological polar surface area (TPSA) is 111 Å².